The molecule has 3 aliphatic rings. The summed E-state index contributed by atoms with van der Waals surface area (Å²) in [5.41, 5.74) is 1.96. The molecule has 8 nitrogen and oxygen atoms in total. The first-order chi connectivity index (χ1) is 16.8. The summed E-state index contributed by atoms with van der Waals surface area (Å²) >= 11 is 3.65. The van der Waals surface area contributed by atoms with Gasteiger partial charge in [-0.15, -0.1) is 0 Å². The highest BCUT2D eigenvalue weighted by molar-refractivity contribution is 9.09. The number of anilines is 2. The van der Waals surface area contributed by atoms with E-state index in [4.69, 9.17) is 4.74 Å². The highest BCUT2D eigenvalue weighted by atomic mass is 79.9. The molecule has 2 bridgehead atoms. The minimum absolute atomic E-state index is 0.0179. The van der Waals surface area contributed by atoms with E-state index in [1.165, 1.54) is 4.90 Å². The first kappa shape index (κ1) is 24.0. The summed E-state index contributed by atoms with van der Waals surface area (Å²) in [5.74, 6) is -2.61. The van der Waals surface area contributed by atoms with Crippen LogP contribution >= 0.6 is 15.9 Å². The third-order valence-electron chi connectivity index (χ3n) is 7.45. The van der Waals surface area contributed by atoms with Crippen LogP contribution in [0.2, 0.25) is 0 Å². The molecule has 3 saturated heterocycles. The summed E-state index contributed by atoms with van der Waals surface area (Å²) in [6, 6.07) is 13.8. The Kier molecular flexibility index (Phi) is 6.19. The van der Waals surface area contributed by atoms with Gasteiger partial charge >= 0.3 is 0 Å². The number of amides is 3. The fourth-order valence-electron chi connectivity index (χ4n) is 6.03. The number of aliphatic hydroxyl groups is 1. The van der Waals surface area contributed by atoms with E-state index in [-0.39, 0.29) is 35.7 Å². The highest BCUT2D eigenvalue weighted by Crippen LogP contribution is 2.60. The van der Waals surface area contributed by atoms with Gasteiger partial charge < -0.3 is 25.4 Å². The second kappa shape index (κ2) is 9.04. The predicted molar refractivity (Wildman–Crippen MR) is 134 cm³/mol. The number of carbonyl (C=O) groups is 3. The standard InChI is InChI=1S/C26H28BrN3O5/c1-14-7-6-8-15(2)20(14)29-24(33)22-26-13-17(27)21(35-26)18(19(26)25(34)30(22)11-12-31)23(32)28-16-9-4-3-5-10-16/h3-10,17-19,21-22,31H,11-13H2,1-2H3,(H,28,32)(H,29,33)/t17?,18-,19-,21-,22?,26?/m0/s1. The van der Waals surface area contributed by atoms with E-state index in [1.54, 1.807) is 12.1 Å². The van der Waals surface area contributed by atoms with Gasteiger partial charge in [-0.05, 0) is 43.5 Å². The van der Waals surface area contributed by atoms with E-state index in [2.05, 4.69) is 26.6 Å². The molecule has 0 aliphatic carbocycles. The topological polar surface area (TPSA) is 108 Å². The number of benzene rings is 2. The van der Waals surface area contributed by atoms with E-state index in [0.717, 1.165) is 11.1 Å². The minimum Gasteiger partial charge on any atom is -0.395 e. The SMILES string of the molecule is Cc1cccc(C)c1NC(=O)C1N(CCO)C(=O)[C@@H]2[C@H](C(=O)Nc3ccccc3)[C@H]3OC12CC3Br. The lowest BCUT2D eigenvalue weighted by atomic mass is 9.70. The number of nitrogens with zero attached hydrogens (tertiary/aromatic N) is 1. The van der Waals surface area contributed by atoms with Gasteiger partial charge in [-0.2, -0.15) is 0 Å². The molecule has 0 saturated carbocycles. The van der Waals surface area contributed by atoms with Gasteiger partial charge in [-0.25, -0.2) is 0 Å². The molecule has 3 amide bonds. The highest BCUT2D eigenvalue weighted by Gasteiger charge is 2.76. The number of ether oxygens (including phenoxy) is 1. The molecule has 35 heavy (non-hydrogen) atoms. The van der Waals surface area contributed by atoms with Crippen LogP contribution in [0.5, 0.6) is 0 Å². The molecule has 3 aliphatic heterocycles. The number of hydrogen-bond donors (Lipinski definition) is 3. The van der Waals surface area contributed by atoms with Crippen LogP contribution in [0.1, 0.15) is 17.5 Å². The molecule has 5 rings (SSSR count). The van der Waals surface area contributed by atoms with Gasteiger partial charge in [0, 0.05) is 22.7 Å². The number of rotatable bonds is 6. The van der Waals surface area contributed by atoms with Crippen molar-refractivity contribution >= 4 is 45.0 Å². The maximum absolute atomic E-state index is 13.8. The number of aryl methyl sites for hydroxylation is 2. The first-order valence-electron chi connectivity index (χ1n) is 11.7. The van der Waals surface area contributed by atoms with E-state index in [0.29, 0.717) is 17.8 Å². The number of β-amino-alcohol motifs (C(OH)–C–C–N with tert-alkyl or cyclic N) is 1. The van der Waals surface area contributed by atoms with Gasteiger partial charge in [0.15, 0.2) is 0 Å². The van der Waals surface area contributed by atoms with Crippen LogP contribution in [-0.2, 0) is 19.1 Å². The van der Waals surface area contributed by atoms with Crippen LogP contribution in [-0.4, -0.2) is 63.5 Å². The predicted octanol–water partition coefficient (Wildman–Crippen LogP) is 2.62. The second-order valence-corrected chi connectivity index (χ2v) is 10.7. The number of likely N-dealkylation sites (tertiary alicyclic amines) is 1. The van der Waals surface area contributed by atoms with Gasteiger partial charge in [0.2, 0.25) is 17.7 Å². The number of nitrogens with one attached hydrogen (secondary N) is 2. The lowest BCUT2D eigenvalue weighted by Gasteiger charge is -2.34. The summed E-state index contributed by atoms with van der Waals surface area (Å²) in [6.07, 6.45) is -0.130. The number of aliphatic hydroxyl groups excluding tert-OH is 1. The summed E-state index contributed by atoms with van der Waals surface area (Å²) in [7, 11) is 0. The van der Waals surface area contributed by atoms with Gasteiger partial charge in [0.05, 0.1) is 24.5 Å². The van der Waals surface area contributed by atoms with Gasteiger partial charge in [0.25, 0.3) is 0 Å². The van der Waals surface area contributed by atoms with Crippen molar-refractivity contribution in [2.75, 3.05) is 23.8 Å². The van der Waals surface area contributed by atoms with Crippen LogP contribution < -0.4 is 10.6 Å². The molecule has 3 heterocycles. The molecule has 3 unspecified atom stereocenters. The maximum atomic E-state index is 13.8. The monoisotopic (exact) mass is 541 g/mol. The van der Waals surface area contributed by atoms with E-state index < -0.39 is 29.6 Å². The molecule has 1 spiro atoms. The van der Waals surface area contributed by atoms with Crippen LogP contribution in [0.3, 0.4) is 0 Å². The van der Waals surface area contributed by atoms with Crippen molar-refractivity contribution in [1.82, 2.24) is 4.90 Å². The zero-order valence-corrected chi connectivity index (χ0v) is 21.1. The van der Waals surface area contributed by atoms with Crippen LogP contribution in [0, 0.1) is 25.7 Å². The summed E-state index contributed by atoms with van der Waals surface area (Å²) < 4.78 is 6.43. The molecule has 2 aromatic carbocycles. The normalized spacial score (nSPS) is 30.9. The Balaban J connectivity index is 1.50. The zero-order valence-electron chi connectivity index (χ0n) is 19.5. The number of alkyl halides is 1. The second-order valence-electron chi connectivity index (χ2n) is 9.53. The van der Waals surface area contributed by atoms with Crippen molar-refractivity contribution in [3.63, 3.8) is 0 Å². The lowest BCUT2D eigenvalue weighted by molar-refractivity contribution is -0.140. The third kappa shape index (κ3) is 3.77. The number of fused-ring (bicyclic) bond motifs is 1. The number of hydrogen-bond acceptors (Lipinski definition) is 5. The molecule has 2 aromatic rings. The largest absolute Gasteiger partial charge is 0.395 e. The lowest BCUT2D eigenvalue weighted by Crippen LogP contribution is -2.54. The van der Waals surface area contributed by atoms with Crippen molar-refractivity contribution in [2.24, 2.45) is 11.8 Å². The van der Waals surface area contributed by atoms with Crippen LogP contribution in [0.15, 0.2) is 48.5 Å². The van der Waals surface area contributed by atoms with Crippen molar-refractivity contribution in [1.29, 1.82) is 0 Å². The van der Waals surface area contributed by atoms with Crippen molar-refractivity contribution in [3.05, 3.63) is 59.7 Å². The first-order valence-corrected chi connectivity index (χ1v) is 12.7. The molecule has 3 fully saturated rings. The molecule has 0 radical (unpaired) electrons. The summed E-state index contributed by atoms with van der Waals surface area (Å²) in [6.45, 7) is 3.50. The molecular formula is C26H28BrN3O5. The Bertz CT molecular complexity index is 1150. The quantitative estimate of drug-likeness (QED) is 0.487. The third-order valence-corrected chi connectivity index (χ3v) is 8.30. The van der Waals surface area contributed by atoms with Gasteiger partial charge in [-0.3, -0.25) is 14.4 Å². The molecule has 184 valence electrons. The Morgan fingerprint density at radius 3 is 2.43 bits per heavy atom. The number of carbonyl (C=O) groups excluding carboxylic acids is 3. The Labute approximate surface area is 212 Å². The van der Waals surface area contributed by atoms with Crippen LogP contribution in [0.25, 0.3) is 0 Å². The van der Waals surface area contributed by atoms with Gasteiger partial charge in [-0.1, -0.05) is 52.3 Å². The van der Waals surface area contributed by atoms with Crippen molar-refractivity contribution in [3.8, 4) is 0 Å². The average Bonchev–Trinajstić information content (AvgIpc) is 3.41. The average molecular weight is 542 g/mol. The number of para-hydroxylation sites is 2. The van der Waals surface area contributed by atoms with E-state index in [1.807, 2.05) is 50.2 Å². The minimum atomic E-state index is -1.16. The Hall–Kier alpha value is -2.75. The number of halogens is 1. The molecule has 3 N–H and O–H groups in total. The maximum Gasteiger partial charge on any atom is 0.250 e. The van der Waals surface area contributed by atoms with Crippen molar-refractivity contribution in [2.45, 2.75) is 42.8 Å². The Morgan fingerprint density at radius 1 is 1.09 bits per heavy atom. The molecule has 6 atom stereocenters. The van der Waals surface area contributed by atoms with Crippen LogP contribution in [0.4, 0.5) is 11.4 Å². The zero-order chi connectivity index (χ0) is 24.9. The fourth-order valence-corrected chi connectivity index (χ4v) is 6.97. The Morgan fingerprint density at radius 2 is 1.77 bits per heavy atom. The summed E-state index contributed by atoms with van der Waals surface area (Å²) in [4.78, 5) is 42.1. The molecule has 0 aromatic heterocycles. The van der Waals surface area contributed by atoms with Gasteiger partial charge in [0.1, 0.15) is 11.6 Å². The fraction of sp³-hybridized carbons (Fsp3) is 0.423. The molecular weight excluding hydrogens is 514 g/mol. The van der Waals surface area contributed by atoms with E-state index >= 15 is 0 Å². The van der Waals surface area contributed by atoms with E-state index in [9.17, 15) is 19.5 Å². The van der Waals surface area contributed by atoms with Crippen molar-refractivity contribution < 1.29 is 24.2 Å². The summed E-state index contributed by atoms with van der Waals surface area (Å²) in [5, 5.41) is 15.6. The molecule has 9 heteroatoms. The smallest absolute Gasteiger partial charge is 0.250 e.